The molecule has 5 aromatic carbocycles. The average Bonchev–Trinajstić information content (AvgIpc) is 3.48. The van der Waals surface area contributed by atoms with E-state index in [0.29, 0.717) is 0 Å². The van der Waals surface area contributed by atoms with E-state index in [0.717, 1.165) is 6.04 Å². The first-order valence-electron chi connectivity index (χ1n) is 14.2. The molecule has 0 nitrogen and oxygen atoms in total. The van der Waals surface area contributed by atoms with Gasteiger partial charge in [-0.2, -0.15) is 0 Å². The summed E-state index contributed by atoms with van der Waals surface area (Å²) >= 11 is 0. The molecule has 0 bridgehead atoms. The van der Waals surface area contributed by atoms with E-state index in [4.69, 9.17) is 0 Å². The predicted octanol–water partition coefficient (Wildman–Crippen LogP) is 9.15. The van der Waals surface area contributed by atoms with Gasteiger partial charge in [-0.15, -0.1) is 0 Å². The summed E-state index contributed by atoms with van der Waals surface area (Å²) in [5.74, 6) is 0. The highest BCUT2D eigenvalue weighted by Crippen LogP contribution is 2.58. The van der Waals surface area contributed by atoms with Crippen LogP contribution in [0.3, 0.4) is 0 Å². The molecule has 2 aliphatic rings. The molecular formula is C39H33Si. The van der Waals surface area contributed by atoms with Crippen LogP contribution in [-0.2, 0) is 16.1 Å². The van der Waals surface area contributed by atoms with Gasteiger partial charge in [0, 0.05) is 10.1 Å². The molecule has 0 heterocycles. The molecule has 40 heavy (non-hydrogen) atoms. The van der Waals surface area contributed by atoms with Crippen molar-refractivity contribution >= 4 is 20.9 Å². The first-order chi connectivity index (χ1) is 19.7. The van der Waals surface area contributed by atoms with E-state index in [1.165, 1.54) is 50.1 Å². The van der Waals surface area contributed by atoms with Crippen LogP contribution in [0.15, 0.2) is 151 Å². The Morgan fingerprint density at radius 2 is 0.825 bits per heavy atom. The maximum Gasteiger partial charge on any atom is 0.0992 e. The zero-order valence-corrected chi connectivity index (χ0v) is 24.1. The van der Waals surface area contributed by atoms with Crippen LogP contribution in [0, 0.1) is 0 Å². The van der Waals surface area contributed by atoms with Crippen molar-refractivity contribution in [1.29, 1.82) is 0 Å². The molecule has 1 radical (unpaired) electrons. The van der Waals surface area contributed by atoms with Gasteiger partial charge in [0.2, 0.25) is 0 Å². The Kier molecular flexibility index (Phi) is 6.06. The zero-order chi connectivity index (χ0) is 27.2. The largest absolute Gasteiger partial charge is 0.0992 e. The van der Waals surface area contributed by atoms with E-state index in [9.17, 15) is 0 Å². The Bertz CT molecular complexity index is 1620. The Balaban J connectivity index is 1.64. The van der Waals surface area contributed by atoms with Crippen LogP contribution < -0.4 is 0 Å². The Hall–Kier alpha value is -4.20. The van der Waals surface area contributed by atoms with Gasteiger partial charge < -0.3 is 0 Å². The number of fused-ring (bicyclic) bond motifs is 2. The minimum Gasteiger partial charge on any atom is -0.0622 e. The fraction of sp³-hybridized carbons (Fsp3) is 0.128. The minimum atomic E-state index is -1.43. The lowest BCUT2D eigenvalue weighted by Gasteiger charge is -2.51. The van der Waals surface area contributed by atoms with E-state index in [-0.39, 0.29) is 10.1 Å². The van der Waals surface area contributed by atoms with Gasteiger partial charge in [0.1, 0.15) is 0 Å². The Labute approximate surface area is 240 Å². The third-order valence-electron chi connectivity index (χ3n) is 9.20. The first kappa shape index (κ1) is 24.8. The van der Waals surface area contributed by atoms with Gasteiger partial charge in [0.05, 0.1) is 8.80 Å². The van der Waals surface area contributed by atoms with Crippen LogP contribution in [0.25, 0.3) is 12.2 Å². The van der Waals surface area contributed by atoms with Gasteiger partial charge in [-0.3, -0.25) is 0 Å². The van der Waals surface area contributed by atoms with Gasteiger partial charge >= 0.3 is 0 Å². The van der Waals surface area contributed by atoms with E-state index in [2.05, 4.69) is 166 Å². The zero-order valence-electron chi connectivity index (χ0n) is 23.1. The summed E-state index contributed by atoms with van der Waals surface area (Å²) in [5, 5.41) is -0.443. The molecule has 193 valence electrons. The lowest BCUT2D eigenvalue weighted by Crippen LogP contribution is -2.59. The molecule has 0 aromatic heterocycles. The smallest absolute Gasteiger partial charge is 0.0622 e. The number of hydrogen-bond acceptors (Lipinski definition) is 0. The number of hydrogen-bond donors (Lipinski definition) is 0. The monoisotopic (exact) mass is 529 g/mol. The molecule has 2 aliphatic carbocycles. The second kappa shape index (κ2) is 9.77. The maximum atomic E-state index is 2.47. The van der Waals surface area contributed by atoms with Crippen molar-refractivity contribution in [2.45, 2.75) is 30.0 Å². The molecule has 2 unspecified atom stereocenters. The second-order valence-electron chi connectivity index (χ2n) is 11.2. The highest BCUT2D eigenvalue weighted by molar-refractivity contribution is 6.69. The molecule has 0 fully saturated rings. The van der Waals surface area contributed by atoms with Crippen molar-refractivity contribution in [3.8, 4) is 0 Å². The molecule has 1 heteroatoms. The molecule has 0 saturated carbocycles. The van der Waals surface area contributed by atoms with Crippen LogP contribution in [0.1, 0.15) is 52.8 Å². The first-order valence-corrected chi connectivity index (χ1v) is 16.0. The quantitative estimate of drug-likeness (QED) is 0.192. The van der Waals surface area contributed by atoms with Crippen molar-refractivity contribution in [2.75, 3.05) is 0 Å². The summed E-state index contributed by atoms with van der Waals surface area (Å²) in [5.41, 5.74) is 12.8. The van der Waals surface area contributed by atoms with Gasteiger partial charge in [-0.05, 0) is 53.3 Å². The van der Waals surface area contributed by atoms with Crippen molar-refractivity contribution in [3.63, 3.8) is 0 Å². The lowest BCUT2D eigenvalue weighted by atomic mass is 9.86. The molecule has 5 aromatic rings. The molecule has 0 aliphatic heterocycles. The predicted molar refractivity (Wildman–Crippen MR) is 171 cm³/mol. The van der Waals surface area contributed by atoms with Crippen molar-refractivity contribution in [1.82, 2.24) is 0 Å². The third kappa shape index (κ3) is 3.51. The second-order valence-corrected chi connectivity index (χ2v) is 14.0. The van der Waals surface area contributed by atoms with Crippen LogP contribution in [0.5, 0.6) is 0 Å². The number of rotatable bonds is 6. The topological polar surface area (TPSA) is 0 Å². The summed E-state index contributed by atoms with van der Waals surface area (Å²) in [6.07, 6.45) is 4.94. The van der Waals surface area contributed by atoms with Crippen molar-refractivity contribution < 1.29 is 0 Å². The highest BCUT2D eigenvalue weighted by atomic mass is 28.3. The SMILES string of the molecule is CC1=Cc2ccccc2C1(c1ccccc1)[Si](Cc1ccccc1)C1(c2ccccc2)C(C)=Cc2ccccc21. The van der Waals surface area contributed by atoms with Gasteiger partial charge in [-0.25, -0.2) is 0 Å². The lowest BCUT2D eigenvalue weighted by molar-refractivity contribution is 0.737. The molecule has 0 amide bonds. The average molecular weight is 530 g/mol. The highest BCUT2D eigenvalue weighted by Gasteiger charge is 2.60. The Morgan fingerprint density at radius 3 is 1.27 bits per heavy atom. The fourth-order valence-corrected chi connectivity index (χ4v) is 12.6. The Morgan fingerprint density at radius 1 is 0.450 bits per heavy atom. The van der Waals surface area contributed by atoms with Crippen LogP contribution in [0.2, 0.25) is 0 Å². The summed E-state index contributed by atoms with van der Waals surface area (Å²) in [6.45, 7) is 4.78. The van der Waals surface area contributed by atoms with E-state index in [1.807, 2.05) is 0 Å². The fourth-order valence-electron chi connectivity index (χ4n) is 7.68. The van der Waals surface area contributed by atoms with Crippen molar-refractivity contribution in [2.24, 2.45) is 0 Å². The molecule has 2 atom stereocenters. The normalized spacial score (nSPS) is 21.1. The number of allylic oxidation sites excluding steroid dienone is 2. The summed E-state index contributed by atoms with van der Waals surface area (Å²) in [7, 11) is -1.43. The minimum absolute atomic E-state index is 0.221. The van der Waals surface area contributed by atoms with Gasteiger partial charge in [0.25, 0.3) is 0 Å². The molecular weight excluding hydrogens is 497 g/mol. The standard InChI is InChI=1S/C39H33Si/c1-29-26-32-18-12-14-24-36(32)38(29,34-20-8-4-9-21-34)40(28-31-16-6-3-7-17-31)39(35-22-10-5-11-23-35)30(2)27-33-19-13-15-25-37(33)39/h3-27H,28H2,1-2H3. The van der Waals surface area contributed by atoms with Crippen LogP contribution in [0.4, 0.5) is 0 Å². The van der Waals surface area contributed by atoms with E-state index in [1.54, 1.807) is 0 Å². The van der Waals surface area contributed by atoms with E-state index < -0.39 is 8.80 Å². The van der Waals surface area contributed by atoms with Crippen LogP contribution >= 0.6 is 0 Å². The molecule has 7 rings (SSSR count). The number of benzene rings is 5. The molecule has 0 spiro atoms. The summed E-state index contributed by atoms with van der Waals surface area (Å²) in [4.78, 5) is 0. The van der Waals surface area contributed by atoms with Gasteiger partial charge in [-0.1, -0.05) is 168 Å². The van der Waals surface area contributed by atoms with Crippen LogP contribution in [-0.4, -0.2) is 8.80 Å². The van der Waals surface area contributed by atoms with E-state index >= 15 is 0 Å². The maximum absolute atomic E-state index is 2.47. The third-order valence-corrected chi connectivity index (χ3v) is 13.7. The summed E-state index contributed by atoms with van der Waals surface area (Å²) < 4.78 is 0. The molecule has 0 N–H and O–H groups in total. The summed E-state index contributed by atoms with van der Waals surface area (Å²) in [6, 6.07) is 53.3. The van der Waals surface area contributed by atoms with Crippen molar-refractivity contribution in [3.05, 3.63) is 190 Å². The molecule has 0 saturated heterocycles. The van der Waals surface area contributed by atoms with Gasteiger partial charge in [0.15, 0.2) is 0 Å².